The fourth-order valence-corrected chi connectivity index (χ4v) is 4.01. The van der Waals surface area contributed by atoms with Gasteiger partial charge in [0.1, 0.15) is 17.3 Å². The Morgan fingerprint density at radius 1 is 1.17 bits per heavy atom. The van der Waals surface area contributed by atoms with Crippen molar-refractivity contribution in [3.05, 3.63) is 50.7 Å². The molecule has 2 rings (SSSR count). The molecule has 3 nitrogen and oxygen atoms in total. The second-order valence-corrected chi connectivity index (χ2v) is 8.46. The first kappa shape index (κ1) is 19.5. The maximum absolute atomic E-state index is 13.3. The number of alkyl halides is 3. The summed E-state index contributed by atoms with van der Waals surface area (Å²) in [6.45, 7) is 0. The lowest BCUT2D eigenvalue weighted by atomic mass is 10.3. The number of halogens is 7. The van der Waals surface area contributed by atoms with Crippen LogP contribution in [0.25, 0.3) is 0 Å². The van der Waals surface area contributed by atoms with Crippen LogP contribution in [0.3, 0.4) is 0 Å². The quantitative estimate of drug-likeness (QED) is 0.464. The summed E-state index contributed by atoms with van der Waals surface area (Å²) in [5.74, 6) is -0.705. The zero-order valence-corrected chi connectivity index (χ0v) is 15.4. The van der Waals surface area contributed by atoms with E-state index in [-0.39, 0.29) is 21.0 Å². The molecule has 0 bridgehead atoms. The molecule has 0 amide bonds. The maximum atomic E-state index is 13.3. The summed E-state index contributed by atoms with van der Waals surface area (Å²) in [4.78, 5) is -0.770. The number of thiol groups is 1. The van der Waals surface area contributed by atoms with Crippen LogP contribution in [0.5, 0.6) is 11.5 Å². The third-order valence-corrected chi connectivity index (χ3v) is 6.42. The predicted octanol–water partition coefficient (Wildman–Crippen LogP) is 5.46. The molecule has 2 aromatic rings. The molecule has 2 N–H and O–H groups in total. The van der Waals surface area contributed by atoms with Crippen LogP contribution in [0.4, 0.5) is 17.6 Å². The molecular formula is C13H8BrCl2F4NO2S. The van der Waals surface area contributed by atoms with E-state index in [0.717, 1.165) is 24.3 Å². The highest BCUT2D eigenvalue weighted by molar-refractivity contribution is 9.10. The standard InChI is InChI=1S/C13H8BrCl2F4NO2S/c14-11-9(23-8-4-6(15)3-7(17)5-8)1-2-10(12(11)16)24(21,22)13(18,19)20/h1-5,24H,(H2,21,22). The van der Waals surface area contributed by atoms with Gasteiger partial charge in [0.15, 0.2) is 0 Å². The van der Waals surface area contributed by atoms with E-state index in [0.29, 0.717) is 0 Å². The Balaban J connectivity index is 2.46. The molecule has 132 valence electrons. The number of ether oxygens (including phenoxy) is 1. The normalized spacial score (nSPS) is 13.0. The van der Waals surface area contributed by atoms with Gasteiger partial charge in [0.05, 0.1) is 24.5 Å². The third kappa shape index (κ3) is 3.85. The molecule has 24 heavy (non-hydrogen) atoms. The molecule has 0 saturated heterocycles. The fraction of sp³-hybridized carbons (Fsp3) is 0.0769. The van der Waals surface area contributed by atoms with E-state index in [4.69, 9.17) is 33.1 Å². The topological polar surface area (TPSA) is 52.3 Å². The van der Waals surface area contributed by atoms with E-state index in [2.05, 4.69) is 15.9 Å². The van der Waals surface area contributed by atoms with Crippen molar-refractivity contribution in [2.45, 2.75) is 10.4 Å². The van der Waals surface area contributed by atoms with Crippen molar-refractivity contribution in [3.63, 3.8) is 0 Å². The Morgan fingerprint density at radius 3 is 2.33 bits per heavy atom. The van der Waals surface area contributed by atoms with Crippen molar-refractivity contribution < 1.29 is 26.5 Å². The Labute approximate surface area is 153 Å². The van der Waals surface area contributed by atoms with Crippen LogP contribution in [0.2, 0.25) is 10.0 Å². The van der Waals surface area contributed by atoms with E-state index >= 15 is 0 Å². The van der Waals surface area contributed by atoms with Crippen molar-refractivity contribution in [1.82, 2.24) is 0 Å². The van der Waals surface area contributed by atoms with Gasteiger partial charge in [-0.05, 0) is 40.2 Å². The molecule has 0 heterocycles. The van der Waals surface area contributed by atoms with E-state index in [1.807, 2.05) is 0 Å². The first-order chi connectivity index (χ1) is 10.9. The average molecular weight is 469 g/mol. The third-order valence-electron chi connectivity index (χ3n) is 2.82. The number of nitrogens with two attached hydrogens (primary N) is 1. The molecule has 0 radical (unpaired) electrons. The van der Waals surface area contributed by atoms with Crippen molar-refractivity contribution in [1.29, 1.82) is 0 Å². The van der Waals surface area contributed by atoms with Gasteiger partial charge < -0.3 is 4.74 Å². The second-order valence-electron chi connectivity index (χ2n) is 4.54. The Kier molecular flexibility index (Phi) is 5.51. The molecule has 0 aromatic heterocycles. The van der Waals surface area contributed by atoms with E-state index < -0.39 is 31.4 Å². The van der Waals surface area contributed by atoms with Gasteiger partial charge in [-0.3, -0.25) is 9.35 Å². The summed E-state index contributed by atoms with van der Waals surface area (Å²) in [5, 5.41) is 4.49. The van der Waals surface area contributed by atoms with Gasteiger partial charge in [-0.1, -0.05) is 23.2 Å². The molecule has 2 aromatic carbocycles. The average Bonchev–Trinajstić information content (AvgIpc) is 2.41. The maximum Gasteiger partial charge on any atom is 0.464 e. The van der Waals surface area contributed by atoms with Gasteiger partial charge >= 0.3 is 5.51 Å². The lowest BCUT2D eigenvalue weighted by Gasteiger charge is -2.24. The highest BCUT2D eigenvalue weighted by Gasteiger charge is 2.45. The lowest BCUT2D eigenvalue weighted by molar-refractivity contribution is -0.0419. The van der Waals surface area contributed by atoms with Crippen molar-refractivity contribution in [2.75, 3.05) is 0 Å². The summed E-state index contributed by atoms with van der Waals surface area (Å²) in [6.07, 6.45) is 0. The van der Waals surface area contributed by atoms with Crippen LogP contribution in [0, 0.1) is 5.82 Å². The zero-order valence-electron chi connectivity index (χ0n) is 11.4. The van der Waals surface area contributed by atoms with Crippen LogP contribution in [0.1, 0.15) is 0 Å². The lowest BCUT2D eigenvalue weighted by Crippen LogP contribution is -2.39. The van der Waals surface area contributed by atoms with Gasteiger partial charge in [0.2, 0.25) is 0 Å². The van der Waals surface area contributed by atoms with Gasteiger partial charge in [0, 0.05) is 11.1 Å². The number of benzene rings is 2. The minimum atomic E-state index is -5.21. The molecule has 0 fully saturated rings. The molecule has 0 unspecified atom stereocenters. The fourth-order valence-electron chi connectivity index (χ4n) is 1.71. The van der Waals surface area contributed by atoms with Crippen LogP contribution in [-0.2, 0) is 10.1 Å². The smallest absolute Gasteiger partial charge is 0.456 e. The molecule has 0 aliphatic carbocycles. The summed E-state index contributed by atoms with van der Waals surface area (Å²) in [5.41, 5.74) is -5.14. The Hall–Kier alpha value is -0.870. The SMILES string of the molecule is N[SH](=O)(c1ccc(Oc2cc(F)cc(Cl)c2)c(Br)c1Cl)C(F)(F)F. The van der Waals surface area contributed by atoms with Crippen LogP contribution in [0.15, 0.2) is 39.7 Å². The molecular weight excluding hydrogens is 461 g/mol. The summed E-state index contributed by atoms with van der Waals surface area (Å²) < 4.78 is 68.8. The highest BCUT2D eigenvalue weighted by Crippen LogP contribution is 2.43. The highest BCUT2D eigenvalue weighted by atomic mass is 79.9. The number of rotatable bonds is 3. The van der Waals surface area contributed by atoms with E-state index in [1.165, 1.54) is 6.07 Å². The Bertz CT molecular complexity index is 827. The van der Waals surface area contributed by atoms with Gasteiger partial charge in [0.25, 0.3) is 0 Å². The predicted molar refractivity (Wildman–Crippen MR) is 88.7 cm³/mol. The largest absolute Gasteiger partial charge is 0.464 e. The molecule has 0 aliphatic rings. The summed E-state index contributed by atoms with van der Waals surface area (Å²) >= 11 is 14.5. The summed E-state index contributed by atoms with van der Waals surface area (Å²) in [6, 6.07) is 5.28. The molecule has 0 spiro atoms. The first-order valence-electron chi connectivity index (χ1n) is 6.01. The van der Waals surface area contributed by atoms with Gasteiger partial charge in [-0.15, -0.1) is 0 Å². The first-order valence-corrected chi connectivity index (χ1v) is 9.34. The van der Waals surface area contributed by atoms with Gasteiger partial charge in [-0.25, -0.2) is 4.39 Å². The molecule has 0 atom stereocenters. The minimum Gasteiger partial charge on any atom is -0.456 e. The second kappa shape index (κ2) is 6.80. The van der Waals surface area contributed by atoms with Crippen molar-refractivity contribution in [2.24, 2.45) is 5.14 Å². The molecule has 11 heteroatoms. The Morgan fingerprint density at radius 2 is 1.79 bits per heavy atom. The van der Waals surface area contributed by atoms with E-state index in [9.17, 15) is 21.8 Å². The monoisotopic (exact) mass is 467 g/mol. The zero-order chi connectivity index (χ0) is 18.3. The van der Waals surface area contributed by atoms with Crippen LogP contribution < -0.4 is 9.88 Å². The number of hydrogen-bond acceptors (Lipinski definition) is 2. The summed E-state index contributed by atoms with van der Waals surface area (Å²) in [7, 11) is -5.21. The minimum absolute atomic E-state index is 0.00345. The number of hydrogen-bond donors (Lipinski definition) is 2. The molecule has 0 saturated carbocycles. The van der Waals surface area contributed by atoms with Crippen molar-refractivity contribution in [3.8, 4) is 11.5 Å². The van der Waals surface area contributed by atoms with Gasteiger partial charge in [-0.2, -0.15) is 13.2 Å². The van der Waals surface area contributed by atoms with Crippen molar-refractivity contribution >= 4 is 49.3 Å². The molecule has 0 aliphatic heterocycles. The van der Waals surface area contributed by atoms with Crippen LogP contribution >= 0.6 is 39.1 Å². The van der Waals surface area contributed by atoms with Crippen LogP contribution in [-0.4, -0.2) is 9.72 Å². The van der Waals surface area contributed by atoms with E-state index in [1.54, 1.807) is 0 Å².